The summed E-state index contributed by atoms with van der Waals surface area (Å²) in [6.07, 6.45) is -5.94. The number of carbonyl (C=O) groups is 1. The van der Waals surface area contributed by atoms with Crippen molar-refractivity contribution in [2.75, 3.05) is 5.32 Å². The summed E-state index contributed by atoms with van der Waals surface area (Å²) in [5.74, 6) is -60.0. The number of nitrogens with one attached hydrogen (secondary N) is 1. The molecule has 0 aromatic heterocycles. The van der Waals surface area contributed by atoms with Gasteiger partial charge in [0.05, 0.1) is 11.4 Å². The number of hydrogen-bond donors (Lipinski definition) is 1. The van der Waals surface area contributed by atoms with Gasteiger partial charge < -0.3 is 5.32 Å². The molecular formula is C21H11F16N3O. The van der Waals surface area contributed by atoms with Crippen molar-refractivity contribution < 1.29 is 75.0 Å². The molecule has 0 atom stereocenters. The van der Waals surface area contributed by atoms with Gasteiger partial charge in [0.25, 0.3) is 0 Å². The van der Waals surface area contributed by atoms with Crippen LogP contribution in [-0.2, 0) is 4.79 Å². The molecule has 0 fully saturated rings. The number of hydrogen-bond acceptors (Lipinski definition) is 3. The van der Waals surface area contributed by atoms with E-state index in [2.05, 4.69) is 10.2 Å². The van der Waals surface area contributed by atoms with E-state index in [1.807, 2.05) is 0 Å². The minimum absolute atomic E-state index is 0.0844. The SMILES string of the molecule is O=C(Nc1ccc(N=Nc2ccccc2)cc1)C(F)(F)C(F)(F)C(F)(F)C(F)(F)C(F)(F)C(F)(F)C(F)(F)C(F)F. The average molecular weight is 625 g/mol. The summed E-state index contributed by atoms with van der Waals surface area (Å²) in [4.78, 5) is 11.6. The van der Waals surface area contributed by atoms with Crippen LogP contribution in [0, 0.1) is 0 Å². The molecule has 0 radical (unpaired) electrons. The largest absolute Gasteiger partial charge is 0.393 e. The molecule has 0 spiro atoms. The van der Waals surface area contributed by atoms with Gasteiger partial charge in [0, 0.05) is 5.69 Å². The Hall–Kier alpha value is -3.61. The number of alkyl halides is 16. The number of carbonyl (C=O) groups excluding carboxylic acids is 1. The summed E-state index contributed by atoms with van der Waals surface area (Å²) in [6.45, 7) is 0. The summed E-state index contributed by atoms with van der Waals surface area (Å²) in [5.41, 5.74) is -0.711. The van der Waals surface area contributed by atoms with E-state index in [4.69, 9.17) is 0 Å². The molecule has 2 aromatic carbocycles. The van der Waals surface area contributed by atoms with Gasteiger partial charge in [-0.25, -0.2) is 8.78 Å². The zero-order chi connectivity index (χ0) is 31.9. The fourth-order valence-corrected chi connectivity index (χ4v) is 2.71. The molecule has 0 bridgehead atoms. The van der Waals surface area contributed by atoms with E-state index in [9.17, 15) is 75.0 Å². The van der Waals surface area contributed by atoms with Gasteiger partial charge in [-0.2, -0.15) is 71.7 Å². The first-order valence-electron chi connectivity index (χ1n) is 10.2. The van der Waals surface area contributed by atoms with Gasteiger partial charge in [-0.3, -0.25) is 4.79 Å². The monoisotopic (exact) mass is 625 g/mol. The molecule has 0 heterocycles. The van der Waals surface area contributed by atoms with Crippen molar-refractivity contribution in [2.24, 2.45) is 10.2 Å². The van der Waals surface area contributed by atoms with E-state index >= 15 is 0 Å². The van der Waals surface area contributed by atoms with Crippen molar-refractivity contribution in [1.82, 2.24) is 0 Å². The van der Waals surface area contributed by atoms with Crippen molar-refractivity contribution in [2.45, 2.75) is 47.9 Å². The predicted molar refractivity (Wildman–Crippen MR) is 106 cm³/mol. The molecule has 0 unspecified atom stereocenters. The summed E-state index contributed by atoms with van der Waals surface area (Å²) in [6, 6.07) is 10.7. The van der Waals surface area contributed by atoms with Gasteiger partial charge in [0.2, 0.25) is 0 Å². The van der Waals surface area contributed by atoms with Crippen LogP contribution in [0.15, 0.2) is 64.8 Å². The van der Waals surface area contributed by atoms with Crippen LogP contribution >= 0.6 is 0 Å². The summed E-state index contributed by atoms with van der Waals surface area (Å²) in [7, 11) is 0. The first-order chi connectivity index (χ1) is 18.4. The van der Waals surface area contributed by atoms with Gasteiger partial charge in [-0.1, -0.05) is 18.2 Å². The number of amides is 1. The summed E-state index contributed by atoms with van der Waals surface area (Å²) >= 11 is 0. The first-order valence-corrected chi connectivity index (χ1v) is 10.2. The van der Waals surface area contributed by atoms with Gasteiger partial charge in [0.1, 0.15) is 0 Å². The van der Waals surface area contributed by atoms with Crippen molar-refractivity contribution >= 4 is 23.0 Å². The van der Waals surface area contributed by atoms with Crippen molar-refractivity contribution in [3.8, 4) is 0 Å². The second kappa shape index (κ2) is 10.7. The molecule has 1 amide bonds. The normalized spacial score (nSPS) is 14.6. The Morgan fingerprint density at radius 3 is 1.39 bits per heavy atom. The first kappa shape index (κ1) is 33.6. The molecule has 2 aromatic rings. The highest BCUT2D eigenvalue weighted by molar-refractivity contribution is 5.97. The Morgan fingerprint density at radius 1 is 0.561 bits per heavy atom. The fourth-order valence-electron chi connectivity index (χ4n) is 2.71. The number of nitrogens with zero attached hydrogens (tertiary/aromatic N) is 2. The van der Waals surface area contributed by atoms with Crippen LogP contribution in [0.2, 0.25) is 0 Å². The highest BCUT2D eigenvalue weighted by Gasteiger charge is 2.94. The van der Waals surface area contributed by atoms with E-state index in [1.165, 1.54) is 12.1 Å². The van der Waals surface area contributed by atoms with E-state index in [1.54, 1.807) is 18.2 Å². The van der Waals surface area contributed by atoms with E-state index in [0.717, 1.165) is 17.4 Å². The summed E-state index contributed by atoms with van der Waals surface area (Å²) in [5, 5.41) is 8.20. The highest BCUT2D eigenvalue weighted by atomic mass is 19.4. The molecule has 0 saturated heterocycles. The highest BCUT2D eigenvalue weighted by Crippen LogP contribution is 2.62. The Balaban J connectivity index is 2.36. The van der Waals surface area contributed by atoms with Gasteiger partial charge >= 0.3 is 53.8 Å². The number of halogens is 16. The third-order valence-corrected chi connectivity index (χ3v) is 5.11. The lowest BCUT2D eigenvalue weighted by Gasteiger charge is -2.42. The third-order valence-electron chi connectivity index (χ3n) is 5.11. The van der Waals surface area contributed by atoms with Crippen molar-refractivity contribution in [3.05, 3.63) is 54.6 Å². The smallest absolute Gasteiger partial charge is 0.321 e. The molecule has 0 aliphatic carbocycles. The zero-order valence-electron chi connectivity index (χ0n) is 19.1. The van der Waals surface area contributed by atoms with Crippen LogP contribution in [0.4, 0.5) is 87.3 Å². The average Bonchev–Trinajstić information content (AvgIpc) is 2.88. The number of azo groups is 1. The van der Waals surface area contributed by atoms with Crippen molar-refractivity contribution in [1.29, 1.82) is 0 Å². The molecule has 1 N–H and O–H groups in total. The maximum Gasteiger partial charge on any atom is 0.393 e. The second-order valence-electron chi connectivity index (χ2n) is 7.91. The lowest BCUT2D eigenvalue weighted by Crippen LogP contribution is -2.74. The second-order valence-corrected chi connectivity index (χ2v) is 7.91. The molecule has 41 heavy (non-hydrogen) atoms. The standard InChI is InChI=1S/C21H11F16N3O/c22-13(23)15(24,25)17(28,29)19(32,33)21(36,37)20(34,35)18(30,31)16(26,27)14(41)38-10-6-8-12(9-7-10)40-39-11-4-2-1-3-5-11/h1-9,13H,(H,38,41). The lowest BCUT2D eigenvalue weighted by molar-refractivity contribution is -0.443. The van der Waals surface area contributed by atoms with Crippen LogP contribution in [0.1, 0.15) is 0 Å². The lowest BCUT2D eigenvalue weighted by atomic mass is 9.89. The van der Waals surface area contributed by atoms with Gasteiger partial charge in [0.15, 0.2) is 0 Å². The minimum Gasteiger partial charge on any atom is -0.321 e. The van der Waals surface area contributed by atoms with Crippen LogP contribution in [0.3, 0.4) is 0 Å². The number of rotatable bonds is 11. The third kappa shape index (κ3) is 5.39. The topological polar surface area (TPSA) is 53.8 Å². The summed E-state index contributed by atoms with van der Waals surface area (Å²) < 4.78 is 214. The zero-order valence-corrected chi connectivity index (χ0v) is 19.1. The molecule has 0 saturated carbocycles. The Labute approximate surface area is 217 Å². The maximum absolute atomic E-state index is 14.0. The van der Waals surface area contributed by atoms with E-state index < -0.39 is 59.5 Å². The van der Waals surface area contributed by atoms with Crippen LogP contribution in [-0.4, -0.2) is 53.8 Å². The maximum atomic E-state index is 14.0. The van der Waals surface area contributed by atoms with Crippen LogP contribution < -0.4 is 5.32 Å². The fraction of sp³-hybridized carbons (Fsp3) is 0.381. The van der Waals surface area contributed by atoms with Gasteiger partial charge in [-0.05, 0) is 36.4 Å². The van der Waals surface area contributed by atoms with Crippen LogP contribution in [0.5, 0.6) is 0 Å². The molecule has 0 aliphatic heterocycles. The minimum atomic E-state index is -8.58. The molecule has 4 nitrogen and oxygen atoms in total. The Kier molecular flexibility index (Phi) is 8.73. The number of anilines is 1. The predicted octanol–water partition coefficient (Wildman–Crippen LogP) is 8.75. The number of benzene rings is 2. The van der Waals surface area contributed by atoms with Crippen molar-refractivity contribution in [3.63, 3.8) is 0 Å². The van der Waals surface area contributed by atoms with E-state index in [-0.39, 0.29) is 5.69 Å². The molecule has 2 rings (SSSR count). The quantitative estimate of drug-likeness (QED) is 0.197. The van der Waals surface area contributed by atoms with Gasteiger partial charge in [-0.15, -0.1) is 0 Å². The molecule has 228 valence electrons. The Morgan fingerprint density at radius 2 is 0.951 bits per heavy atom. The molecule has 0 aliphatic rings. The molecular weight excluding hydrogens is 614 g/mol. The van der Waals surface area contributed by atoms with E-state index in [0.29, 0.717) is 17.8 Å². The van der Waals surface area contributed by atoms with Crippen LogP contribution in [0.25, 0.3) is 0 Å². The Bertz CT molecular complexity index is 1250. The molecule has 20 heteroatoms.